The number of carbonyl (C=O) groups excluding carboxylic acids is 1. The molecule has 5 heteroatoms. The molecule has 0 unspecified atom stereocenters. The molecule has 1 heterocycles. The van der Waals surface area contributed by atoms with Crippen molar-refractivity contribution in [2.75, 3.05) is 5.01 Å². The van der Waals surface area contributed by atoms with Gasteiger partial charge in [0.1, 0.15) is 0 Å². The first-order valence-electron chi connectivity index (χ1n) is 5.76. The Morgan fingerprint density at radius 1 is 1.50 bits per heavy atom. The van der Waals surface area contributed by atoms with Crippen molar-refractivity contribution in [2.45, 2.75) is 26.7 Å². The predicted molar refractivity (Wildman–Crippen MR) is 68.0 cm³/mol. The number of amides is 1. The van der Waals surface area contributed by atoms with E-state index in [9.17, 15) is 9.59 Å². The van der Waals surface area contributed by atoms with Crippen LogP contribution in [0.3, 0.4) is 0 Å². The summed E-state index contributed by atoms with van der Waals surface area (Å²) >= 11 is 0. The highest BCUT2D eigenvalue weighted by Gasteiger charge is 2.23. The van der Waals surface area contributed by atoms with Crippen LogP contribution in [0.25, 0.3) is 0 Å². The summed E-state index contributed by atoms with van der Waals surface area (Å²) in [5.74, 6) is -1.04. The van der Waals surface area contributed by atoms with Crippen LogP contribution in [0, 0.1) is 0 Å². The minimum absolute atomic E-state index is 0.0855. The van der Waals surface area contributed by atoms with Crippen molar-refractivity contribution in [3.8, 4) is 0 Å². The normalized spacial score (nSPS) is 14.9. The molecule has 0 saturated heterocycles. The van der Waals surface area contributed by atoms with Crippen LogP contribution in [0.2, 0.25) is 0 Å². The van der Waals surface area contributed by atoms with Crippen molar-refractivity contribution in [3.63, 3.8) is 0 Å². The Labute approximate surface area is 105 Å². The van der Waals surface area contributed by atoms with Gasteiger partial charge >= 0.3 is 5.97 Å². The van der Waals surface area contributed by atoms with Gasteiger partial charge in [-0.15, -0.1) is 0 Å². The number of hydrogen-bond acceptors (Lipinski definition) is 3. The Kier molecular flexibility index (Phi) is 3.14. The molecule has 1 amide bonds. The molecule has 1 aromatic rings. The van der Waals surface area contributed by atoms with Gasteiger partial charge in [0.25, 0.3) is 5.91 Å². The van der Waals surface area contributed by atoms with Crippen molar-refractivity contribution in [1.82, 2.24) is 0 Å². The van der Waals surface area contributed by atoms with E-state index in [4.69, 9.17) is 5.11 Å². The average molecular weight is 246 g/mol. The van der Waals surface area contributed by atoms with Crippen molar-refractivity contribution in [1.29, 1.82) is 0 Å². The molecule has 2 rings (SSSR count). The van der Waals surface area contributed by atoms with Crippen LogP contribution in [-0.4, -0.2) is 22.7 Å². The van der Waals surface area contributed by atoms with Crippen LogP contribution in [0.1, 0.15) is 36.2 Å². The number of rotatable bonds is 3. The van der Waals surface area contributed by atoms with Gasteiger partial charge in [-0.3, -0.25) is 4.79 Å². The predicted octanol–water partition coefficient (Wildman–Crippen LogP) is 2.06. The summed E-state index contributed by atoms with van der Waals surface area (Å²) in [6, 6.07) is 4.85. The molecule has 1 aliphatic heterocycles. The molecule has 0 radical (unpaired) electrons. The van der Waals surface area contributed by atoms with Crippen LogP contribution >= 0.6 is 0 Å². The largest absolute Gasteiger partial charge is 0.478 e. The van der Waals surface area contributed by atoms with Crippen LogP contribution in [0.15, 0.2) is 23.3 Å². The fourth-order valence-electron chi connectivity index (χ4n) is 1.97. The lowest BCUT2D eigenvalue weighted by molar-refractivity contribution is -0.116. The van der Waals surface area contributed by atoms with Gasteiger partial charge in [0.2, 0.25) is 0 Å². The topological polar surface area (TPSA) is 70.0 Å². The van der Waals surface area contributed by atoms with E-state index in [1.807, 2.05) is 6.92 Å². The molecule has 1 aliphatic rings. The smallest absolute Gasteiger partial charge is 0.335 e. The van der Waals surface area contributed by atoms with Crippen LogP contribution in [0.4, 0.5) is 5.69 Å². The monoisotopic (exact) mass is 246 g/mol. The van der Waals surface area contributed by atoms with Gasteiger partial charge in [-0.1, -0.05) is 6.92 Å². The van der Waals surface area contributed by atoms with Crippen molar-refractivity contribution in [2.24, 2.45) is 5.10 Å². The number of hydrogen-bond donors (Lipinski definition) is 1. The molecule has 0 fully saturated rings. The molecule has 0 spiro atoms. The van der Waals surface area contributed by atoms with E-state index < -0.39 is 5.97 Å². The summed E-state index contributed by atoms with van der Waals surface area (Å²) in [6.45, 7) is 3.68. The number of aryl methyl sites for hydroxylation is 1. The third kappa shape index (κ3) is 2.11. The Hall–Kier alpha value is -2.17. The van der Waals surface area contributed by atoms with Gasteiger partial charge < -0.3 is 5.11 Å². The maximum absolute atomic E-state index is 11.7. The lowest BCUT2D eigenvalue weighted by atomic mass is 10.0. The first kappa shape index (κ1) is 12.3. The number of carboxylic acids is 1. The van der Waals surface area contributed by atoms with Crippen molar-refractivity contribution < 1.29 is 14.7 Å². The zero-order chi connectivity index (χ0) is 13.3. The minimum Gasteiger partial charge on any atom is -0.478 e. The quantitative estimate of drug-likeness (QED) is 0.887. The molecule has 0 aliphatic carbocycles. The van der Waals surface area contributed by atoms with Gasteiger partial charge in [-0.25, -0.2) is 9.80 Å². The van der Waals surface area contributed by atoms with Gasteiger partial charge in [0.15, 0.2) is 0 Å². The fourth-order valence-corrected chi connectivity index (χ4v) is 1.97. The summed E-state index contributed by atoms with van der Waals surface area (Å²) in [6.07, 6.45) is 0.919. The maximum Gasteiger partial charge on any atom is 0.335 e. The molecule has 1 aromatic carbocycles. The summed E-state index contributed by atoms with van der Waals surface area (Å²) < 4.78 is 0. The highest BCUT2D eigenvalue weighted by molar-refractivity contribution is 6.12. The molecule has 18 heavy (non-hydrogen) atoms. The first-order chi connectivity index (χ1) is 8.52. The number of carbonyl (C=O) groups is 2. The molecule has 5 nitrogen and oxygen atoms in total. The van der Waals surface area contributed by atoms with Crippen LogP contribution < -0.4 is 5.01 Å². The third-order valence-corrected chi connectivity index (χ3v) is 2.86. The molecule has 1 N–H and O–H groups in total. The number of aromatic carboxylic acids is 1. The third-order valence-electron chi connectivity index (χ3n) is 2.86. The number of benzene rings is 1. The SMILES string of the molecule is CCc1cc(N2N=C(C)CC2=O)ccc1C(=O)O. The molecule has 0 atom stereocenters. The van der Waals surface area contributed by atoms with Gasteiger partial charge in [-0.05, 0) is 37.1 Å². The minimum atomic E-state index is -0.953. The van der Waals surface area contributed by atoms with E-state index in [1.54, 1.807) is 19.1 Å². The standard InChI is InChI=1S/C13H14N2O3/c1-3-9-7-10(4-5-11(9)13(17)18)15-12(16)6-8(2)14-15/h4-5,7H,3,6H2,1-2H3,(H,17,18). The molecule has 0 bridgehead atoms. The summed E-state index contributed by atoms with van der Waals surface area (Å²) in [5.41, 5.74) is 2.36. The maximum atomic E-state index is 11.7. The zero-order valence-corrected chi connectivity index (χ0v) is 10.3. The van der Waals surface area contributed by atoms with Crippen molar-refractivity contribution >= 4 is 23.3 Å². The summed E-state index contributed by atoms with van der Waals surface area (Å²) in [7, 11) is 0. The second-order valence-corrected chi connectivity index (χ2v) is 4.22. The van der Waals surface area contributed by atoms with E-state index in [-0.39, 0.29) is 11.5 Å². The second kappa shape index (κ2) is 4.60. The average Bonchev–Trinajstić information content (AvgIpc) is 2.67. The Bertz CT molecular complexity index is 549. The molecular weight excluding hydrogens is 232 g/mol. The number of anilines is 1. The lowest BCUT2D eigenvalue weighted by Crippen LogP contribution is -2.20. The van der Waals surface area contributed by atoms with Crippen LogP contribution in [0.5, 0.6) is 0 Å². The molecular formula is C13H14N2O3. The molecule has 94 valence electrons. The van der Waals surface area contributed by atoms with E-state index in [1.165, 1.54) is 11.1 Å². The van der Waals surface area contributed by atoms with E-state index in [2.05, 4.69) is 5.10 Å². The second-order valence-electron chi connectivity index (χ2n) is 4.22. The van der Waals surface area contributed by atoms with Gasteiger partial charge in [0.05, 0.1) is 17.7 Å². The number of nitrogens with zero attached hydrogens (tertiary/aromatic N) is 2. The highest BCUT2D eigenvalue weighted by Crippen LogP contribution is 2.24. The summed E-state index contributed by atoms with van der Waals surface area (Å²) in [5, 5.41) is 14.5. The summed E-state index contributed by atoms with van der Waals surface area (Å²) in [4.78, 5) is 22.7. The van der Waals surface area contributed by atoms with Crippen molar-refractivity contribution in [3.05, 3.63) is 29.3 Å². The van der Waals surface area contributed by atoms with E-state index in [0.29, 0.717) is 24.1 Å². The Balaban J connectivity index is 2.42. The Morgan fingerprint density at radius 2 is 2.22 bits per heavy atom. The molecule has 0 aromatic heterocycles. The highest BCUT2D eigenvalue weighted by atomic mass is 16.4. The van der Waals surface area contributed by atoms with Gasteiger partial charge in [0, 0.05) is 5.71 Å². The fraction of sp³-hybridized carbons (Fsp3) is 0.308. The van der Waals surface area contributed by atoms with E-state index >= 15 is 0 Å². The van der Waals surface area contributed by atoms with Crippen LogP contribution in [-0.2, 0) is 11.2 Å². The Morgan fingerprint density at radius 3 is 2.72 bits per heavy atom. The van der Waals surface area contributed by atoms with Gasteiger partial charge in [-0.2, -0.15) is 5.10 Å². The lowest BCUT2D eigenvalue weighted by Gasteiger charge is -2.14. The number of carboxylic acid groups (broad SMARTS) is 1. The molecule has 0 saturated carbocycles. The zero-order valence-electron chi connectivity index (χ0n) is 10.3. The number of hydrazone groups is 1. The first-order valence-corrected chi connectivity index (χ1v) is 5.76. The van der Waals surface area contributed by atoms with E-state index in [0.717, 1.165) is 5.71 Å².